The molecule has 3 aromatic rings. The lowest BCUT2D eigenvalue weighted by Gasteiger charge is -2.25. The molecule has 0 spiro atoms. The number of nitrogens with zero attached hydrogens (tertiary/aromatic N) is 4. The Balaban J connectivity index is 1.62. The molecule has 22 heavy (non-hydrogen) atoms. The molecule has 0 aliphatic carbocycles. The molecule has 0 saturated heterocycles. The van der Waals surface area contributed by atoms with Gasteiger partial charge in [0, 0.05) is 11.9 Å². The first kappa shape index (κ1) is 13.4. The van der Waals surface area contributed by atoms with E-state index in [0.717, 1.165) is 21.9 Å². The lowest BCUT2D eigenvalue weighted by Crippen LogP contribution is -2.39. The molecule has 2 aromatic carbocycles. The second kappa shape index (κ2) is 5.48. The van der Waals surface area contributed by atoms with Crippen LogP contribution in [0.15, 0.2) is 64.9 Å². The summed E-state index contributed by atoms with van der Waals surface area (Å²) in [6, 6.07) is 17.7. The van der Waals surface area contributed by atoms with Gasteiger partial charge in [-0.2, -0.15) is 0 Å². The predicted molar refractivity (Wildman–Crippen MR) is 90.9 cm³/mol. The minimum atomic E-state index is 0.454. The highest BCUT2D eigenvalue weighted by atomic mass is 32.2. The van der Waals surface area contributed by atoms with Gasteiger partial charge in [-0.15, -0.1) is 5.10 Å². The SMILES string of the molecule is [S]C1=NNN(Sc2nc3ccccc3[nH]2)N1c1ccccc1. The van der Waals surface area contributed by atoms with E-state index in [-0.39, 0.29) is 0 Å². The number of hydrogen-bond acceptors (Lipinski definition) is 6. The average Bonchev–Trinajstić information content (AvgIpc) is 3.11. The van der Waals surface area contributed by atoms with Crippen molar-refractivity contribution in [2.45, 2.75) is 5.16 Å². The van der Waals surface area contributed by atoms with E-state index in [9.17, 15) is 0 Å². The van der Waals surface area contributed by atoms with Crippen molar-refractivity contribution in [1.82, 2.24) is 20.0 Å². The van der Waals surface area contributed by atoms with E-state index < -0.39 is 0 Å². The highest BCUT2D eigenvalue weighted by molar-refractivity contribution is 7.98. The average molecular weight is 327 g/mol. The van der Waals surface area contributed by atoms with Gasteiger partial charge in [0.1, 0.15) is 0 Å². The van der Waals surface area contributed by atoms with Crippen LogP contribution in [0.2, 0.25) is 0 Å². The fourth-order valence-electron chi connectivity index (χ4n) is 2.16. The standard InChI is InChI=1S/C14H11N6S2/c21-14-17-18-20(19(14)10-6-2-1-3-7-10)22-13-15-11-8-4-5-9-12(11)16-13/h1-9,18H,(H,15,16). The van der Waals surface area contributed by atoms with Gasteiger partial charge in [0.05, 0.1) is 16.7 Å². The molecule has 0 bridgehead atoms. The van der Waals surface area contributed by atoms with Crippen molar-refractivity contribution >= 4 is 46.5 Å². The minimum absolute atomic E-state index is 0.454. The molecule has 8 heteroatoms. The number of aromatic amines is 1. The summed E-state index contributed by atoms with van der Waals surface area (Å²) in [5.41, 5.74) is 5.75. The van der Waals surface area contributed by atoms with Crippen molar-refractivity contribution in [2.24, 2.45) is 5.10 Å². The summed E-state index contributed by atoms with van der Waals surface area (Å²) in [6.45, 7) is 0. The molecule has 1 aliphatic heterocycles. The number of para-hydroxylation sites is 3. The highest BCUT2D eigenvalue weighted by Gasteiger charge is 2.28. The normalized spacial score (nSPS) is 15.1. The number of rotatable bonds is 3. The Morgan fingerprint density at radius 3 is 2.59 bits per heavy atom. The second-order valence-electron chi connectivity index (χ2n) is 4.57. The van der Waals surface area contributed by atoms with Crippen molar-refractivity contribution < 1.29 is 0 Å². The van der Waals surface area contributed by atoms with Gasteiger partial charge in [0.15, 0.2) is 5.16 Å². The van der Waals surface area contributed by atoms with Gasteiger partial charge in [-0.05, 0) is 41.4 Å². The van der Waals surface area contributed by atoms with Crippen LogP contribution in [0.25, 0.3) is 11.0 Å². The number of anilines is 1. The number of amidine groups is 1. The number of nitrogens with one attached hydrogen (secondary N) is 2. The maximum atomic E-state index is 5.29. The lowest BCUT2D eigenvalue weighted by molar-refractivity contribution is 0.409. The Kier molecular flexibility index (Phi) is 3.34. The molecule has 4 rings (SSSR count). The van der Waals surface area contributed by atoms with Gasteiger partial charge in [-0.1, -0.05) is 30.3 Å². The highest BCUT2D eigenvalue weighted by Crippen LogP contribution is 2.29. The van der Waals surface area contributed by atoms with Gasteiger partial charge in [0.25, 0.3) is 0 Å². The van der Waals surface area contributed by atoms with E-state index in [1.54, 1.807) is 4.52 Å². The van der Waals surface area contributed by atoms with Gasteiger partial charge >= 0.3 is 0 Å². The molecule has 1 aliphatic rings. The summed E-state index contributed by atoms with van der Waals surface area (Å²) in [7, 11) is 0. The molecule has 1 aromatic heterocycles. The van der Waals surface area contributed by atoms with Crippen LogP contribution in [-0.2, 0) is 0 Å². The molecule has 2 heterocycles. The number of benzene rings is 2. The van der Waals surface area contributed by atoms with Crippen molar-refractivity contribution in [3.63, 3.8) is 0 Å². The maximum absolute atomic E-state index is 5.29. The molecule has 6 nitrogen and oxygen atoms in total. The summed E-state index contributed by atoms with van der Waals surface area (Å²) in [5, 5.41) is 7.12. The first-order chi connectivity index (χ1) is 10.8. The topological polar surface area (TPSA) is 59.6 Å². The Morgan fingerprint density at radius 1 is 1.00 bits per heavy atom. The fraction of sp³-hybridized carbons (Fsp3) is 0. The Bertz CT molecular complexity index is 798. The molecule has 2 N–H and O–H groups in total. The summed E-state index contributed by atoms with van der Waals surface area (Å²) in [4.78, 5) is 7.81. The third-order valence-electron chi connectivity index (χ3n) is 3.14. The first-order valence-corrected chi connectivity index (χ1v) is 7.78. The Labute approximate surface area is 136 Å². The number of hydrazine groups is 2. The molecule has 0 fully saturated rings. The van der Waals surface area contributed by atoms with E-state index in [0.29, 0.717) is 5.17 Å². The van der Waals surface area contributed by atoms with E-state index >= 15 is 0 Å². The zero-order valence-corrected chi connectivity index (χ0v) is 12.9. The smallest absolute Gasteiger partial charge is 0.236 e. The van der Waals surface area contributed by atoms with Gasteiger partial charge in [-0.25, -0.2) is 15.5 Å². The lowest BCUT2D eigenvalue weighted by atomic mass is 10.3. The zero-order valence-electron chi connectivity index (χ0n) is 11.3. The van der Waals surface area contributed by atoms with Crippen molar-refractivity contribution in [3.05, 3.63) is 54.6 Å². The van der Waals surface area contributed by atoms with Crippen molar-refractivity contribution in [2.75, 3.05) is 5.01 Å². The van der Waals surface area contributed by atoms with E-state index in [2.05, 4.69) is 20.6 Å². The monoisotopic (exact) mass is 327 g/mol. The maximum Gasteiger partial charge on any atom is 0.236 e. The Hall–Kier alpha value is -2.29. The van der Waals surface area contributed by atoms with Crippen LogP contribution in [-0.4, -0.2) is 19.7 Å². The van der Waals surface area contributed by atoms with Gasteiger partial charge < -0.3 is 4.98 Å². The molecule has 109 valence electrons. The summed E-state index contributed by atoms with van der Waals surface area (Å²) < 4.78 is 1.75. The van der Waals surface area contributed by atoms with Gasteiger partial charge in [0.2, 0.25) is 5.17 Å². The summed E-state index contributed by atoms with van der Waals surface area (Å²) in [5.74, 6) is 0. The van der Waals surface area contributed by atoms with Crippen LogP contribution >= 0.6 is 24.6 Å². The van der Waals surface area contributed by atoms with Crippen LogP contribution in [0, 0.1) is 0 Å². The van der Waals surface area contributed by atoms with Crippen molar-refractivity contribution in [3.8, 4) is 0 Å². The molecular weight excluding hydrogens is 316 g/mol. The largest absolute Gasteiger partial charge is 0.332 e. The first-order valence-electron chi connectivity index (χ1n) is 6.59. The number of aromatic nitrogens is 2. The molecule has 0 atom stereocenters. The molecule has 0 unspecified atom stereocenters. The van der Waals surface area contributed by atoms with E-state index in [4.69, 9.17) is 12.6 Å². The molecule has 0 saturated carbocycles. The fourth-order valence-corrected chi connectivity index (χ4v) is 3.23. The van der Waals surface area contributed by atoms with Crippen LogP contribution in [0.1, 0.15) is 0 Å². The van der Waals surface area contributed by atoms with Crippen molar-refractivity contribution in [1.29, 1.82) is 0 Å². The second-order valence-corrected chi connectivity index (χ2v) is 5.85. The molecule has 0 amide bonds. The zero-order chi connectivity index (χ0) is 14.9. The minimum Gasteiger partial charge on any atom is -0.332 e. The third-order valence-corrected chi connectivity index (χ3v) is 4.18. The third kappa shape index (κ3) is 2.37. The number of imidazole rings is 1. The number of hydrazone groups is 1. The van der Waals surface area contributed by atoms with Crippen LogP contribution in [0.3, 0.4) is 0 Å². The van der Waals surface area contributed by atoms with Crippen LogP contribution in [0.5, 0.6) is 0 Å². The van der Waals surface area contributed by atoms with Crippen LogP contribution in [0.4, 0.5) is 5.69 Å². The van der Waals surface area contributed by atoms with Gasteiger partial charge in [-0.3, -0.25) is 0 Å². The Morgan fingerprint density at radius 2 is 1.77 bits per heavy atom. The summed E-state index contributed by atoms with van der Waals surface area (Å²) in [6.07, 6.45) is 0. The van der Waals surface area contributed by atoms with Crippen LogP contribution < -0.4 is 10.5 Å². The number of fused-ring (bicyclic) bond motifs is 1. The summed E-state index contributed by atoms with van der Waals surface area (Å²) >= 11 is 6.68. The molecule has 1 radical (unpaired) electrons. The number of hydrogen-bond donors (Lipinski definition) is 2. The van der Waals surface area contributed by atoms with E-state index in [1.807, 2.05) is 59.6 Å². The predicted octanol–water partition coefficient (Wildman–Crippen LogP) is 3.28. The number of H-pyrrole nitrogens is 1. The van der Waals surface area contributed by atoms with E-state index in [1.165, 1.54) is 11.9 Å². The molecular formula is C14H11N6S2. The quantitative estimate of drug-likeness (QED) is 0.723.